The quantitative estimate of drug-likeness (QED) is 0.852. The van der Waals surface area contributed by atoms with Crippen molar-refractivity contribution in [3.8, 4) is 5.88 Å². The Balaban J connectivity index is 2.05. The van der Waals surface area contributed by atoms with E-state index in [1.54, 1.807) is 7.11 Å². The van der Waals surface area contributed by atoms with Crippen molar-refractivity contribution in [1.82, 2.24) is 20.2 Å². The van der Waals surface area contributed by atoms with Crippen LogP contribution < -0.4 is 10.1 Å². The van der Waals surface area contributed by atoms with E-state index in [4.69, 9.17) is 4.74 Å². The molecule has 0 aliphatic carbocycles. The first-order valence-corrected chi connectivity index (χ1v) is 7.08. The lowest BCUT2D eigenvalue weighted by atomic mass is 10.1. The molecule has 1 aliphatic rings. The minimum atomic E-state index is 0.750. The second kappa shape index (κ2) is 6.82. The number of ether oxygens (including phenoxy) is 1. The molecule has 0 atom stereocenters. The zero-order chi connectivity index (χ0) is 13.7. The van der Waals surface area contributed by atoms with E-state index in [0.717, 1.165) is 68.5 Å². The van der Waals surface area contributed by atoms with Gasteiger partial charge in [-0.1, -0.05) is 6.92 Å². The van der Waals surface area contributed by atoms with E-state index in [9.17, 15) is 0 Å². The third-order valence-electron chi connectivity index (χ3n) is 3.62. The highest BCUT2D eigenvalue weighted by molar-refractivity contribution is 5.30. The number of aromatic nitrogens is 2. The number of aryl methyl sites for hydroxylation is 2. The molecule has 1 aromatic heterocycles. The van der Waals surface area contributed by atoms with Gasteiger partial charge in [0.25, 0.3) is 0 Å². The Labute approximate surface area is 115 Å². The Bertz CT molecular complexity index is 416. The molecule has 1 fully saturated rings. The second-order valence-corrected chi connectivity index (χ2v) is 4.91. The van der Waals surface area contributed by atoms with Gasteiger partial charge in [0.2, 0.25) is 5.88 Å². The number of nitrogens with zero attached hydrogens (tertiary/aromatic N) is 3. The molecule has 0 unspecified atom stereocenters. The van der Waals surface area contributed by atoms with Gasteiger partial charge in [-0.25, -0.2) is 4.98 Å². The number of piperazine rings is 1. The molecular formula is C14H24N4O. The van der Waals surface area contributed by atoms with Crippen LogP contribution in [0.3, 0.4) is 0 Å². The van der Waals surface area contributed by atoms with Gasteiger partial charge in [0.1, 0.15) is 5.82 Å². The second-order valence-electron chi connectivity index (χ2n) is 4.91. The fourth-order valence-corrected chi connectivity index (χ4v) is 2.44. The van der Waals surface area contributed by atoms with Gasteiger partial charge in [0.15, 0.2) is 0 Å². The molecule has 0 radical (unpaired) electrons. The molecule has 1 aromatic rings. The number of methoxy groups -OCH3 is 1. The van der Waals surface area contributed by atoms with Gasteiger partial charge in [-0.2, -0.15) is 4.98 Å². The van der Waals surface area contributed by atoms with Crippen molar-refractivity contribution in [2.75, 3.05) is 39.8 Å². The van der Waals surface area contributed by atoms with Crippen LogP contribution in [0, 0.1) is 6.92 Å². The molecule has 5 heteroatoms. The highest BCUT2D eigenvalue weighted by Crippen LogP contribution is 2.19. The van der Waals surface area contributed by atoms with Gasteiger partial charge in [-0.15, -0.1) is 0 Å². The lowest BCUT2D eigenvalue weighted by Crippen LogP contribution is -2.44. The maximum atomic E-state index is 5.43. The first-order valence-electron chi connectivity index (χ1n) is 7.08. The first-order chi connectivity index (χ1) is 9.24. The van der Waals surface area contributed by atoms with Crippen molar-refractivity contribution >= 4 is 0 Å². The Kier molecular flexibility index (Phi) is 5.10. The number of hydrogen-bond acceptors (Lipinski definition) is 5. The molecule has 19 heavy (non-hydrogen) atoms. The smallest absolute Gasteiger partial charge is 0.219 e. The summed E-state index contributed by atoms with van der Waals surface area (Å²) >= 11 is 0. The standard InChI is InChI=1S/C14H24N4O/c1-4-13-16-11(2)12(14(17-13)19-3)5-8-18-9-6-15-7-10-18/h15H,4-10H2,1-3H3. The molecule has 1 saturated heterocycles. The van der Waals surface area contributed by atoms with Crippen molar-refractivity contribution in [2.45, 2.75) is 26.7 Å². The Morgan fingerprint density at radius 3 is 2.63 bits per heavy atom. The van der Waals surface area contributed by atoms with Crippen molar-refractivity contribution in [2.24, 2.45) is 0 Å². The van der Waals surface area contributed by atoms with Crippen LogP contribution in [0.25, 0.3) is 0 Å². The summed E-state index contributed by atoms with van der Waals surface area (Å²) < 4.78 is 5.43. The largest absolute Gasteiger partial charge is 0.481 e. The first kappa shape index (κ1) is 14.2. The fourth-order valence-electron chi connectivity index (χ4n) is 2.44. The lowest BCUT2D eigenvalue weighted by molar-refractivity contribution is 0.242. The monoisotopic (exact) mass is 264 g/mol. The minimum Gasteiger partial charge on any atom is -0.481 e. The molecule has 0 amide bonds. The average molecular weight is 264 g/mol. The average Bonchev–Trinajstić information content (AvgIpc) is 2.46. The zero-order valence-electron chi connectivity index (χ0n) is 12.2. The summed E-state index contributed by atoms with van der Waals surface area (Å²) in [5.41, 5.74) is 2.21. The van der Waals surface area contributed by atoms with Crippen LogP contribution in [-0.2, 0) is 12.8 Å². The molecule has 1 aliphatic heterocycles. The number of rotatable bonds is 5. The Morgan fingerprint density at radius 2 is 2.00 bits per heavy atom. The van der Waals surface area contributed by atoms with Gasteiger partial charge in [-0.3, -0.25) is 0 Å². The number of hydrogen-bond donors (Lipinski definition) is 1. The molecule has 0 spiro atoms. The van der Waals surface area contributed by atoms with Gasteiger partial charge in [-0.05, 0) is 13.3 Å². The summed E-state index contributed by atoms with van der Waals surface area (Å²) in [6.45, 7) is 9.58. The Hall–Kier alpha value is -1.20. The van der Waals surface area contributed by atoms with Crippen LogP contribution >= 0.6 is 0 Å². The van der Waals surface area contributed by atoms with E-state index in [1.807, 2.05) is 0 Å². The summed E-state index contributed by atoms with van der Waals surface area (Å²) in [6.07, 6.45) is 1.80. The predicted molar refractivity (Wildman–Crippen MR) is 75.7 cm³/mol. The van der Waals surface area contributed by atoms with E-state index < -0.39 is 0 Å². The van der Waals surface area contributed by atoms with Crippen LogP contribution in [0.15, 0.2) is 0 Å². The summed E-state index contributed by atoms with van der Waals surface area (Å²) in [6, 6.07) is 0. The van der Waals surface area contributed by atoms with Crippen molar-refractivity contribution in [1.29, 1.82) is 0 Å². The van der Waals surface area contributed by atoms with Gasteiger partial charge in [0.05, 0.1) is 7.11 Å². The maximum absolute atomic E-state index is 5.43. The summed E-state index contributed by atoms with van der Waals surface area (Å²) in [4.78, 5) is 11.5. The molecule has 0 bridgehead atoms. The van der Waals surface area contributed by atoms with Crippen LogP contribution in [0.2, 0.25) is 0 Å². The Morgan fingerprint density at radius 1 is 1.26 bits per heavy atom. The normalized spacial score (nSPS) is 16.6. The van der Waals surface area contributed by atoms with E-state index in [0.29, 0.717) is 0 Å². The molecule has 5 nitrogen and oxygen atoms in total. The highest BCUT2D eigenvalue weighted by Gasteiger charge is 2.14. The lowest BCUT2D eigenvalue weighted by Gasteiger charge is -2.27. The summed E-state index contributed by atoms with van der Waals surface area (Å²) in [5, 5.41) is 3.37. The van der Waals surface area contributed by atoms with E-state index in [-0.39, 0.29) is 0 Å². The highest BCUT2D eigenvalue weighted by atomic mass is 16.5. The third kappa shape index (κ3) is 3.64. The van der Waals surface area contributed by atoms with Crippen molar-refractivity contribution in [3.63, 3.8) is 0 Å². The van der Waals surface area contributed by atoms with Crippen LogP contribution in [0.5, 0.6) is 5.88 Å². The van der Waals surface area contributed by atoms with Gasteiger partial charge < -0.3 is 15.0 Å². The maximum Gasteiger partial charge on any atom is 0.219 e. The molecule has 2 rings (SSSR count). The van der Waals surface area contributed by atoms with Crippen LogP contribution in [0.1, 0.15) is 24.0 Å². The van der Waals surface area contributed by atoms with Gasteiger partial charge in [0, 0.05) is 50.4 Å². The summed E-state index contributed by atoms with van der Waals surface area (Å²) in [5.74, 6) is 1.61. The SMILES string of the molecule is CCc1nc(C)c(CCN2CCNCC2)c(OC)n1. The molecule has 2 heterocycles. The van der Waals surface area contributed by atoms with Crippen molar-refractivity contribution in [3.05, 3.63) is 17.1 Å². The van der Waals surface area contributed by atoms with Gasteiger partial charge >= 0.3 is 0 Å². The van der Waals surface area contributed by atoms with Crippen LogP contribution in [-0.4, -0.2) is 54.7 Å². The van der Waals surface area contributed by atoms with E-state index >= 15 is 0 Å². The number of nitrogens with one attached hydrogen (secondary N) is 1. The zero-order valence-corrected chi connectivity index (χ0v) is 12.2. The molecule has 0 aromatic carbocycles. The summed E-state index contributed by atoms with van der Waals surface area (Å²) in [7, 11) is 1.69. The van der Waals surface area contributed by atoms with E-state index in [1.165, 1.54) is 0 Å². The topological polar surface area (TPSA) is 50.3 Å². The van der Waals surface area contributed by atoms with E-state index in [2.05, 4.69) is 34.0 Å². The van der Waals surface area contributed by atoms with Crippen LogP contribution in [0.4, 0.5) is 0 Å². The van der Waals surface area contributed by atoms with Crippen molar-refractivity contribution < 1.29 is 4.74 Å². The molecule has 0 saturated carbocycles. The minimum absolute atomic E-state index is 0.750. The molecular weight excluding hydrogens is 240 g/mol. The fraction of sp³-hybridized carbons (Fsp3) is 0.714. The molecule has 106 valence electrons. The third-order valence-corrected chi connectivity index (χ3v) is 3.62. The molecule has 1 N–H and O–H groups in total. The predicted octanol–water partition coefficient (Wildman–Crippen LogP) is 0.804.